The Kier molecular flexibility index (Phi) is 16.0. The van der Waals surface area contributed by atoms with Gasteiger partial charge >= 0.3 is 0 Å². The lowest BCUT2D eigenvalue weighted by molar-refractivity contribution is 0.786. The SMILES string of the molecule is ClCCCCCBr.[SiH4]. The molecule has 0 atom stereocenters. The molecule has 0 rings (SSSR count). The minimum Gasteiger partial charge on any atom is -0.127 e. The number of hydrogen-bond donors (Lipinski definition) is 0. The Hall–Kier alpha value is 0.987. The van der Waals surface area contributed by atoms with Crippen molar-refractivity contribution in [3.63, 3.8) is 0 Å². The van der Waals surface area contributed by atoms with Crippen LogP contribution in [-0.4, -0.2) is 22.2 Å². The molecule has 3 heteroatoms. The fourth-order valence-corrected chi connectivity index (χ4v) is 0.951. The average molecular weight is 218 g/mol. The van der Waals surface area contributed by atoms with Gasteiger partial charge in [-0.2, -0.15) is 0 Å². The molecule has 0 unspecified atom stereocenters. The van der Waals surface area contributed by atoms with E-state index >= 15 is 0 Å². The molecule has 0 aromatic carbocycles. The number of unbranched alkanes of at least 4 members (excludes halogenated alkanes) is 2. The van der Waals surface area contributed by atoms with Crippen LogP contribution in [0.1, 0.15) is 19.3 Å². The summed E-state index contributed by atoms with van der Waals surface area (Å²) in [7, 11) is 0. The van der Waals surface area contributed by atoms with Gasteiger partial charge in [0.25, 0.3) is 0 Å². The third-order valence-corrected chi connectivity index (χ3v) is 1.60. The lowest BCUT2D eigenvalue weighted by atomic mass is 10.3. The first-order valence-electron chi connectivity index (χ1n) is 2.53. The molecule has 0 aromatic heterocycles. The van der Waals surface area contributed by atoms with Gasteiger partial charge in [-0.3, -0.25) is 0 Å². The Morgan fingerprint density at radius 1 is 1.12 bits per heavy atom. The molecule has 0 N–H and O–H groups in total. The number of alkyl halides is 2. The predicted octanol–water partition coefficient (Wildman–Crippen LogP) is 1.34. The van der Waals surface area contributed by atoms with E-state index < -0.39 is 0 Å². The first kappa shape index (κ1) is 11.7. The summed E-state index contributed by atoms with van der Waals surface area (Å²) < 4.78 is 0. The van der Waals surface area contributed by atoms with Gasteiger partial charge in [-0.25, -0.2) is 0 Å². The summed E-state index contributed by atoms with van der Waals surface area (Å²) in [4.78, 5) is 0. The lowest BCUT2D eigenvalue weighted by Crippen LogP contribution is -1.76. The first-order valence-corrected chi connectivity index (χ1v) is 4.19. The number of hydrogen-bond acceptors (Lipinski definition) is 0. The molecule has 0 fully saturated rings. The summed E-state index contributed by atoms with van der Waals surface area (Å²) in [5.74, 6) is 0.813. The van der Waals surface area contributed by atoms with Gasteiger partial charge in [-0.1, -0.05) is 22.4 Å². The molecule has 0 aliphatic rings. The second kappa shape index (κ2) is 10.9. The van der Waals surface area contributed by atoms with E-state index in [2.05, 4.69) is 15.9 Å². The summed E-state index contributed by atoms with van der Waals surface area (Å²) in [5, 5.41) is 1.11. The highest BCUT2D eigenvalue weighted by molar-refractivity contribution is 9.09. The van der Waals surface area contributed by atoms with Gasteiger partial charge in [0.2, 0.25) is 0 Å². The van der Waals surface area contributed by atoms with Crippen LogP contribution in [-0.2, 0) is 0 Å². The first-order chi connectivity index (χ1) is 3.41. The van der Waals surface area contributed by atoms with Gasteiger partial charge < -0.3 is 0 Å². The van der Waals surface area contributed by atoms with Crippen LogP contribution >= 0.6 is 27.5 Å². The fraction of sp³-hybridized carbons (Fsp3) is 1.00. The summed E-state index contributed by atoms with van der Waals surface area (Å²) in [6, 6.07) is 0. The van der Waals surface area contributed by atoms with E-state index in [1.165, 1.54) is 12.8 Å². The summed E-state index contributed by atoms with van der Waals surface area (Å²) in [5.41, 5.74) is 0. The van der Waals surface area contributed by atoms with E-state index in [9.17, 15) is 0 Å². The van der Waals surface area contributed by atoms with E-state index in [4.69, 9.17) is 11.6 Å². The van der Waals surface area contributed by atoms with Crippen molar-refractivity contribution in [2.45, 2.75) is 19.3 Å². The van der Waals surface area contributed by atoms with Gasteiger partial charge in [0.1, 0.15) is 0 Å². The van der Waals surface area contributed by atoms with E-state index in [1.54, 1.807) is 0 Å². The molecule has 0 spiro atoms. The van der Waals surface area contributed by atoms with E-state index in [-0.39, 0.29) is 11.0 Å². The third-order valence-electron chi connectivity index (χ3n) is 0.767. The van der Waals surface area contributed by atoms with Crippen molar-refractivity contribution in [2.24, 2.45) is 0 Å². The largest absolute Gasteiger partial charge is 0.127 e. The van der Waals surface area contributed by atoms with Crippen LogP contribution in [0.25, 0.3) is 0 Å². The maximum Gasteiger partial charge on any atom is 0.0223 e. The molecule has 8 heavy (non-hydrogen) atoms. The molecule has 0 radical (unpaired) electrons. The Morgan fingerprint density at radius 2 is 1.75 bits per heavy atom. The summed E-state index contributed by atoms with van der Waals surface area (Å²) in [6.45, 7) is 0. The predicted molar refractivity (Wildman–Crippen MR) is 49.7 cm³/mol. The van der Waals surface area contributed by atoms with Crippen LogP contribution < -0.4 is 0 Å². The molecular formula is C5H14BrClSi. The third kappa shape index (κ3) is 10.1. The van der Waals surface area contributed by atoms with Gasteiger partial charge in [0, 0.05) is 11.2 Å². The van der Waals surface area contributed by atoms with Crippen molar-refractivity contribution in [2.75, 3.05) is 11.2 Å². The van der Waals surface area contributed by atoms with Gasteiger partial charge in [-0.15, -0.1) is 11.6 Å². The van der Waals surface area contributed by atoms with Crippen LogP contribution in [0, 0.1) is 0 Å². The van der Waals surface area contributed by atoms with Crippen molar-refractivity contribution >= 4 is 38.5 Å². The van der Waals surface area contributed by atoms with Crippen molar-refractivity contribution in [1.29, 1.82) is 0 Å². The quantitative estimate of drug-likeness (QED) is 0.379. The maximum absolute atomic E-state index is 5.42. The summed E-state index contributed by atoms with van der Waals surface area (Å²) in [6.07, 6.45) is 3.68. The number of rotatable bonds is 4. The highest BCUT2D eigenvalue weighted by Gasteiger charge is 1.82. The zero-order valence-corrected chi connectivity index (χ0v) is 6.63. The highest BCUT2D eigenvalue weighted by atomic mass is 79.9. The van der Waals surface area contributed by atoms with Crippen molar-refractivity contribution < 1.29 is 0 Å². The fourth-order valence-electron chi connectivity index (χ4n) is 0.366. The van der Waals surface area contributed by atoms with E-state index in [1.807, 2.05) is 0 Å². The Bertz CT molecular complexity index is 31.6. The monoisotopic (exact) mass is 216 g/mol. The normalized spacial score (nSPS) is 8.25. The molecule has 0 bridgehead atoms. The Labute approximate surface area is 69.1 Å². The Balaban J connectivity index is 0. The van der Waals surface area contributed by atoms with Crippen LogP contribution in [0.4, 0.5) is 0 Å². The molecule has 0 nitrogen and oxygen atoms in total. The zero-order valence-electron chi connectivity index (χ0n) is 4.29. The zero-order chi connectivity index (χ0) is 5.54. The van der Waals surface area contributed by atoms with Gasteiger partial charge in [-0.05, 0) is 23.8 Å². The van der Waals surface area contributed by atoms with Crippen molar-refractivity contribution in [3.05, 3.63) is 0 Å². The van der Waals surface area contributed by atoms with Crippen molar-refractivity contribution in [3.8, 4) is 0 Å². The molecule has 0 aliphatic heterocycles. The van der Waals surface area contributed by atoms with Crippen LogP contribution in [0.15, 0.2) is 0 Å². The van der Waals surface area contributed by atoms with Crippen LogP contribution in [0.2, 0.25) is 0 Å². The standard InChI is InChI=1S/C5H10BrCl.H4Si/c6-4-2-1-3-5-7;/h1-5H2;1H4. The molecule has 0 amide bonds. The second-order valence-corrected chi connectivity index (χ2v) is 2.61. The second-order valence-electron chi connectivity index (χ2n) is 1.44. The van der Waals surface area contributed by atoms with Crippen LogP contribution in [0.3, 0.4) is 0 Å². The molecule has 0 saturated carbocycles. The Morgan fingerprint density at radius 3 is 2.12 bits per heavy atom. The number of halogens is 2. The minimum absolute atomic E-state index is 0. The minimum atomic E-state index is 0. The van der Waals surface area contributed by atoms with Gasteiger partial charge in [0.05, 0.1) is 0 Å². The molecule has 0 saturated heterocycles. The van der Waals surface area contributed by atoms with Crippen LogP contribution in [0.5, 0.6) is 0 Å². The molecule has 0 aromatic rings. The lowest BCUT2D eigenvalue weighted by Gasteiger charge is -1.88. The molecule has 0 aliphatic carbocycles. The van der Waals surface area contributed by atoms with E-state index in [0.29, 0.717) is 0 Å². The molecule has 0 heterocycles. The van der Waals surface area contributed by atoms with Crippen molar-refractivity contribution in [1.82, 2.24) is 0 Å². The molecular weight excluding hydrogens is 203 g/mol. The molecule has 52 valence electrons. The topological polar surface area (TPSA) is 0 Å². The highest BCUT2D eigenvalue weighted by Crippen LogP contribution is 1.98. The van der Waals surface area contributed by atoms with Gasteiger partial charge in [0.15, 0.2) is 0 Å². The average Bonchev–Trinajstić information content (AvgIpc) is 1.69. The van der Waals surface area contributed by atoms with E-state index in [0.717, 1.165) is 17.6 Å². The smallest absolute Gasteiger partial charge is 0.0223 e. The maximum atomic E-state index is 5.42. The summed E-state index contributed by atoms with van der Waals surface area (Å²) >= 11 is 8.76.